The summed E-state index contributed by atoms with van der Waals surface area (Å²) in [6.45, 7) is 7.56. The second kappa shape index (κ2) is 6.17. The highest BCUT2D eigenvalue weighted by molar-refractivity contribution is 5.36. The van der Waals surface area contributed by atoms with Gasteiger partial charge in [-0.2, -0.15) is 0 Å². The van der Waals surface area contributed by atoms with Crippen molar-refractivity contribution in [3.8, 4) is 0 Å². The summed E-state index contributed by atoms with van der Waals surface area (Å²) >= 11 is 0. The molecule has 3 nitrogen and oxygen atoms in total. The van der Waals surface area contributed by atoms with Crippen molar-refractivity contribution in [2.75, 3.05) is 11.9 Å². The highest BCUT2D eigenvalue weighted by Crippen LogP contribution is 2.36. The molecule has 0 aliphatic heterocycles. The fourth-order valence-corrected chi connectivity index (χ4v) is 2.80. The third-order valence-corrected chi connectivity index (χ3v) is 3.72. The molecule has 1 N–H and O–H groups in total. The van der Waals surface area contributed by atoms with Crippen LogP contribution in [0.4, 0.5) is 5.82 Å². The Labute approximate surface area is 110 Å². The molecule has 0 aromatic carbocycles. The molecule has 1 aromatic rings. The standard InChI is InChI=1S/C15H25N3/c1-4-6-13-10-14(16-5-2)18-15(17-13)12-8-7-11(3)9-12/h10-12H,4-9H2,1-3H3,(H,16,17,18). The van der Waals surface area contributed by atoms with E-state index in [4.69, 9.17) is 9.97 Å². The van der Waals surface area contributed by atoms with Crippen LogP contribution < -0.4 is 5.32 Å². The van der Waals surface area contributed by atoms with Gasteiger partial charge in [0.1, 0.15) is 11.6 Å². The van der Waals surface area contributed by atoms with Gasteiger partial charge in [-0.05, 0) is 38.5 Å². The zero-order chi connectivity index (χ0) is 13.0. The van der Waals surface area contributed by atoms with Gasteiger partial charge in [0.25, 0.3) is 0 Å². The van der Waals surface area contributed by atoms with E-state index in [1.165, 1.54) is 25.0 Å². The number of aryl methyl sites for hydroxylation is 1. The minimum Gasteiger partial charge on any atom is -0.370 e. The van der Waals surface area contributed by atoms with Crippen molar-refractivity contribution in [1.29, 1.82) is 0 Å². The van der Waals surface area contributed by atoms with Crippen LogP contribution in [0.2, 0.25) is 0 Å². The fraction of sp³-hybridized carbons (Fsp3) is 0.733. The molecule has 2 atom stereocenters. The average Bonchev–Trinajstić information content (AvgIpc) is 2.76. The molecule has 0 bridgehead atoms. The lowest BCUT2D eigenvalue weighted by molar-refractivity contribution is 0.583. The Hall–Kier alpha value is -1.12. The van der Waals surface area contributed by atoms with Crippen molar-refractivity contribution < 1.29 is 0 Å². The lowest BCUT2D eigenvalue weighted by Gasteiger charge is -2.12. The van der Waals surface area contributed by atoms with Crippen molar-refractivity contribution >= 4 is 5.82 Å². The normalized spacial score (nSPS) is 23.3. The minimum atomic E-state index is 0.578. The Morgan fingerprint density at radius 2 is 2.11 bits per heavy atom. The molecule has 1 aromatic heterocycles. The summed E-state index contributed by atoms with van der Waals surface area (Å²) in [6.07, 6.45) is 6.02. The second-order valence-corrected chi connectivity index (χ2v) is 5.50. The molecule has 2 rings (SSSR count). The minimum absolute atomic E-state index is 0.578. The van der Waals surface area contributed by atoms with Crippen LogP contribution in [0.25, 0.3) is 0 Å². The SMILES string of the molecule is CCCc1cc(NCC)nc(C2CCC(C)C2)n1. The molecule has 0 radical (unpaired) electrons. The van der Waals surface area contributed by atoms with Gasteiger partial charge < -0.3 is 5.32 Å². The Morgan fingerprint density at radius 1 is 1.28 bits per heavy atom. The lowest BCUT2D eigenvalue weighted by Crippen LogP contribution is -2.08. The van der Waals surface area contributed by atoms with Gasteiger partial charge in [-0.25, -0.2) is 9.97 Å². The van der Waals surface area contributed by atoms with Gasteiger partial charge in [0, 0.05) is 24.2 Å². The Balaban J connectivity index is 2.21. The van der Waals surface area contributed by atoms with Crippen LogP contribution >= 0.6 is 0 Å². The smallest absolute Gasteiger partial charge is 0.134 e. The Kier molecular flexibility index (Phi) is 4.56. The lowest BCUT2D eigenvalue weighted by atomic mass is 10.1. The van der Waals surface area contributed by atoms with Gasteiger partial charge in [-0.3, -0.25) is 0 Å². The molecule has 1 fully saturated rings. The summed E-state index contributed by atoms with van der Waals surface area (Å²) in [5, 5.41) is 3.33. The van der Waals surface area contributed by atoms with Crippen LogP contribution in [0.15, 0.2) is 6.07 Å². The van der Waals surface area contributed by atoms with E-state index in [2.05, 4.69) is 32.2 Å². The molecule has 18 heavy (non-hydrogen) atoms. The van der Waals surface area contributed by atoms with Crippen LogP contribution in [0.5, 0.6) is 0 Å². The van der Waals surface area contributed by atoms with Crippen LogP contribution in [0.1, 0.15) is 63.9 Å². The number of hydrogen-bond acceptors (Lipinski definition) is 3. The maximum Gasteiger partial charge on any atom is 0.134 e. The van der Waals surface area contributed by atoms with Gasteiger partial charge in [0.2, 0.25) is 0 Å². The second-order valence-electron chi connectivity index (χ2n) is 5.50. The molecular formula is C15H25N3. The number of aromatic nitrogens is 2. The van der Waals surface area contributed by atoms with Crippen molar-refractivity contribution in [3.05, 3.63) is 17.6 Å². The van der Waals surface area contributed by atoms with Crippen LogP contribution in [-0.2, 0) is 6.42 Å². The molecule has 1 aliphatic rings. The van der Waals surface area contributed by atoms with E-state index in [0.29, 0.717) is 5.92 Å². The number of anilines is 1. The van der Waals surface area contributed by atoms with Crippen LogP contribution in [0, 0.1) is 5.92 Å². The first kappa shape index (κ1) is 13.3. The van der Waals surface area contributed by atoms with E-state index in [9.17, 15) is 0 Å². The summed E-state index contributed by atoms with van der Waals surface area (Å²) in [4.78, 5) is 9.47. The van der Waals surface area contributed by atoms with Crippen molar-refractivity contribution in [1.82, 2.24) is 9.97 Å². The molecule has 1 heterocycles. The summed E-state index contributed by atoms with van der Waals surface area (Å²) in [7, 11) is 0. The predicted octanol–water partition coefficient (Wildman–Crippen LogP) is 3.76. The summed E-state index contributed by atoms with van der Waals surface area (Å²) in [6, 6.07) is 2.11. The first-order chi connectivity index (χ1) is 8.72. The molecule has 0 saturated heterocycles. The first-order valence-electron chi connectivity index (χ1n) is 7.34. The van der Waals surface area contributed by atoms with Gasteiger partial charge in [0.15, 0.2) is 0 Å². The third-order valence-electron chi connectivity index (χ3n) is 3.72. The van der Waals surface area contributed by atoms with Crippen LogP contribution in [0.3, 0.4) is 0 Å². The van der Waals surface area contributed by atoms with Gasteiger partial charge >= 0.3 is 0 Å². The van der Waals surface area contributed by atoms with Crippen molar-refractivity contribution in [2.24, 2.45) is 5.92 Å². The number of rotatable bonds is 5. The number of nitrogens with one attached hydrogen (secondary N) is 1. The molecule has 2 unspecified atom stereocenters. The van der Waals surface area contributed by atoms with E-state index in [1.807, 2.05) is 0 Å². The largest absolute Gasteiger partial charge is 0.370 e. The highest BCUT2D eigenvalue weighted by Gasteiger charge is 2.25. The average molecular weight is 247 g/mol. The zero-order valence-corrected chi connectivity index (χ0v) is 11.9. The zero-order valence-electron chi connectivity index (χ0n) is 11.9. The van der Waals surface area contributed by atoms with Crippen molar-refractivity contribution in [3.63, 3.8) is 0 Å². The fourth-order valence-electron chi connectivity index (χ4n) is 2.80. The summed E-state index contributed by atoms with van der Waals surface area (Å²) in [5.74, 6) is 3.48. The molecule has 1 saturated carbocycles. The number of nitrogens with zero attached hydrogens (tertiary/aromatic N) is 2. The monoisotopic (exact) mass is 247 g/mol. The van der Waals surface area contributed by atoms with E-state index >= 15 is 0 Å². The maximum atomic E-state index is 4.77. The van der Waals surface area contributed by atoms with Gasteiger partial charge in [0.05, 0.1) is 0 Å². The number of hydrogen-bond donors (Lipinski definition) is 1. The van der Waals surface area contributed by atoms with Gasteiger partial charge in [-0.15, -0.1) is 0 Å². The molecular weight excluding hydrogens is 222 g/mol. The quantitative estimate of drug-likeness (QED) is 0.860. The summed E-state index contributed by atoms with van der Waals surface area (Å²) < 4.78 is 0. The Morgan fingerprint density at radius 3 is 2.72 bits per heavy atom. The maximum absolute atomic E-state index is 4.77. The molecule has 0 amide bonds. The molecule has 100 valence electrons. The van der Waals surface area contributed by atoms with E-state index in [0.717, 1.165) is 36.9 Å². The van der Waals surface area contributed by atoms with E-state index in [1.54, 1.807) is 0 Å². The molecule has 3 heteroatoms. The van der Waals surface area contributed by atoms with Crippen molar-refractivity contribution in [2.45, 2.75) is 58.8 Å². The third kappa shape index (κ3) is 3.21. The molecule has 1 aliphatic carbocycles. The van der Waals surface area contributed by atoms with Gasteiger partial charge in [-0.1, -0.05) is 20.3 Å². The highest BCUT2D eigenvalue weighted by atomic mass is 15.0. The predicted molar refractivity (Wildman–Crippen MR) is 75.9 cm³/mol. The van der Waals surface area contributed by atoms with E-state index < -0.39 is 0 Å². The van der Waals surface area contributed by atoms with E-state index in [-0.39, 0.29) is 0 Å². The first-order valence-corrected chi connectivity index (χ1v) is 7.34. The topological polar surface area (TPSA) is 37.8 Å². The Bertz CT molecular complexity index is 365. The summed E-state index contributed by atoms with van der Waals surface area (Å²) in [5.41, 5.74) is 1.19. The van der Waals surface area contributed by atoms with Crippen LogP contribution in [-0.4, -0.2) is 16.5 Å². The molecule has 0 spiro atoms.